The molecule has 0 aromatic rings. The second-order valence-corrected chi connectivity index (χ2v) is 4.85. The Labute approximate surface area is 109 Å². The van der Waals surface area contributed by atoms with E-state index in [4.69, 9.17) is 9.47 Å². The number of carbonyl (C=O) groups excluding carboxylic acids is 2. The van der Waals surface area contributed by atoms with Gasteiger partial charge in [-0.3, -0.25) is 9.59 Å². The van der Waals surface area contributed by atoms with Gasteiger partial charge >= 0.3 is 11.9 Å². The molecular formula is C14H22O4. The van der Waals surface area contributed by atoms with Crippen molar-refractivity contribution in [1.29, 1.82) is 0 Å². The smallest absolute Gasteiger partial charge is 0.320 e. The molecule has 4 heteroatoms. The van der Waals surface area contributed by atoms with Crippen LogP contribution in [0.4, 0.5) is 0 Å². The normalized spacial score (nSPS) is 10.3. The van der Waals surface area contributed by atoms with Gasteiger partial charge in [0.15, 0.2) is 5.92 Å². The van der Waals surface area contributed by atoms with Crippen molar-refractivity contribution in [1.82, 2.24) is 0 Å². The Kier molecular flexibility index (Phi) is 7.01. The lowest BCUT2D eigenvalue weighted by atomic mass is 9.96. The minimum atomic E-state index is -0.899. The van der Waals surface area contributed by atoms with Gasteiger partial charge < -0.3 is 9.47 Å². The summed E-state index contributed by atoms with van der Waals surface area (Å²) in [5.74, 6) is -2.22. The van der Waals surface area contributed by atoms with E-state index in [1.807, 2.05) is 0 Å². The number of ether oxygens (including phenoxy) is 2. The lowest BCUT2D eigenvalue weighted by molar-refractivity contribution is -0.163. The van der Waals surface area contributed by atoms with Crippen LogP contribution in [-0.4, -0.2) is 25.2 Å². The maximum Gasteiger partial charge on any atom is 0.320 e. The molecule has 0 heterocycles. The van der Waals surface area contributed by atoms with Gasteiger partial charge in [-0.1, -0.05) is 27.0 Å². The van der Waals surface area contributed by atoms with E-state index in [0.717, 1.165) is 11.1 Å². The lowest BCUT2D eigenvalue weighted by Crippen LogP contribution is -2.32. The summed E-state index contributed by atoms with van der Waals surface area (Å²) in [5, 5.41) is 0. The van der Waals surface area contributed by atoms with Gasteiger partial charge in [-0.2, -0.15) is 0 Å². The molecule has 0 aromatic carbocycles. The third-order valence-electron chi connectivity index (χ3n) is 2.10. The first-order valence-electron chi connectivity index (χ1n) is 5.87. The van der Waals surface area contributed by atoms with Crippen LogP contribution >= 0.6 is 0 Å². The largest absolute Gasteiger partial charge is 0.461 e. The average Bonchev–Trinajstić information content (AvgIpc) is 2.23. The van der Waals surface area contributed by atoms with Crippen LogP contribution < -0.4 is 0 Å². The maximum absolute atomic E-state index is 11.8. The van der Waals surface area contributed by atoms with Crippen molar-refractivity contribution in [3.05, 3.63) is 24.3 Å². The Bertz CT molecular complexity index is 312. The number of hydrogen-bond donors (Lipinski definition) is 0. The van der Waals surface area contributed by atoms with Crippen LogP contribution in [0.5, 0.6) is 0 Å². The molecule has 0 aliphatic rings. The predicted octanol–water partition coefficient (Wildman–Crippen LogP) is 2.50. The highest BCUT2D eigenvalue weighted by atomic mass is 16.6. The molecule has 4 nitrogen and oxygen atoms in total. The van der Waals surface area contributed by atoms with Gasteiger partial charge in [-0.15, -0.1) is 0 Å². The zero-order valence-electron chi connectivity index (χ0n) is 11.6. The van der Waals surface area contributed by atoms with Gasteiger partial charge in [-0.25, -0.2) is 0 Å². The van der Waals surface area contributed by atoms with Gasteiger partial charge in [0.25, 0.3) is 0 Å². The van der Waals surface area contributed by atoms with Crippen LogP contribution in [0.2, 0.25) is 0 Å². The first-order chi connectivity index (χ1) is 8.25. The fourth-order valence-electron chi connectivity index (χ4n) is 1.21. The van der Waals surface area contributed by atoms with E-state index in [2.05, 4.69) is 13.2 Å². The zero-order valence-corrected chi connectivity index (χ0v) is 11.6. The topological polar surface area (TPSA) is 52.6 Å². The fraction of sp³-hybridized carbons (Fsp3) is 0.571. The second-order valence-electron chi connectivity index (χ2n) is 4.85. The molecule has 0 aliphatic heterocycles. The van der Waals surface area contributed by atoms with E-state index < -0.39 is 17.9 Å². The molecule has 0 rings (SSSR count). The Balaban J connectivity index is 4.54. The van der Waals surface area contributed by atoms with E-state index >= 15 is 0 Å². The SMILES string of the molecule is C=C(C)COC(=O)C(C(=O)OCC(=C)C)C(C)C. The molecule has 18 heavy (non-hydrogen) atoms. The second kappa shape index (κ2) is 7.69. The van der Waals surface area contributed by atoms with Gasteiger partial charge in [0, 0.05) is 0 Å². The molecule has 0 saturated carbocycles. The van der Waals surface area contributed by atoms with Crippen molar-refractivity contribution in [2.45, 2.75) is 27.7 Å². The Hall–Kier alpha value is -1.58. The third-order valence-corrected chi connectivity index (χ3v) is 2.10. The molecule has 0 bridgehead atoms. The Morgan fingerprint density at radius 3 is 1.50 bits per heavy atom. The van der Waals surface area contributed by atoms with Crippen molar-refractivity contribution < 1.29 is 19.1 Å². The van der Waals surface area contributed by atoms with Crippen LogP contribution in [0.15, 0.2) is 24.3 Å². The standard InChI is InChI=1S/C14H22O4/c1-9(2)7-17-13(15)12(11(5)6)14(16)18-8-10(3)4/h11-12H,1,3,7-8H2,2,4-6H3. The molecule has 0 aliphatic carbocycles. The van der Waals surface area contributed by atoms with Crippen LogP contribution in [0, 0.1) is 11.8 Å². The minimum Gasteiger partial charge on any atom is -0.461 e. The summed E-state index contributed by atoms with van der Waals surface area (Å²) in [5.41, 5.74) is 1.45. The number of carbonyl (C=O) groups is 2. The van der Waals surface area contributed by atoms with Crippen LogP contribution in [0.25, 0.3) is 0 Å². The molecule has 0 atom stereocenters. The van der Waals surface area contributed by atoms with Crippen LogP contribution in [0.1, 0.15) is 27.7 Å². The lowest BCUT2D eigenvalue weighted by Gasteiger charge is -2.18. The molecule has 0 saturated heterocycles. The van der Waals surface area contributed by atoms with Crippen molar-refractivity contribution in [2.75, 3.05) is 13.2 Å². The predicted molar refractivity (Wildman–Crippen MR) is 69.9 cm³/mol. The van der Waals surface area contributed by atoms with E-state index in [9.17, 15) is 9.59 Å². The highest BCUT2D eigenvalue weighted by molar-refractivity contribution is 5.95. The molecule has 0 unspecified atom stereocenters. The molecule has 0 radical (unpaired) electrons. The molecule has 0 N–H and O–H groups in total. The van der Waals surface area contributed by atoms with E-state index in [0.29, 0.717) is 0 Å². The molecule has 0 amide bonds. The van der Waals surface area contributed by atoms with E-state index in [1.165, 1.54) is 0 Å². The Morgan fingerprint density at radius 1 is 0.944 bits per heavy atom. The van der Waals surface area contributed by atoms with Crippen molar-refractivity contribution in [3.8, 4) is 0 Å². The first kappa shape index (κ1) is 16.4. The Morgan fingerprint density at radius 2 is 1.28 bits per heavy atom. The highest BCUT2D eigenvalue weighted by Crippen LogP contribution is 2.15. The van der Waals surface area contributed by atoms with E-state index in [1.54, 1.807) is 27.7 Å². The molecule has 0 fully saturated rings. The summed E-state index contributed by atoms with van der Waals surface area (Å²) in [4.78, 5) is 23.6. The third kappa shape index (κ3) is 6.23. The summed E-state index contributed by atoms with van der Waals surface area (Å²) in [6.07, 6.45) is 0. The summed E-state index contributed by atoms with van der Waals surface area (Å²) < 4.78 is 9.99. The van der Waals surface area contributed by atoms with Gasteiger partial charge in [-0.05, 0) is 30.9 Å². The summed E-state index contributed by atoms with van der Waals surface area (Å²) in [6, 6.07) is 0. The minimum absolute atomic E-state index is 0.121. The number of esters is 2. The monoisotopic (exact) mass is 254 g/mol. The van der Waals surface area contributed by atoms with Gasteiger partial charge in [0.05, 0.1) is 0 Å². The summed E-state index contributed by atoms with van der Waals surface area (Å²) >= 11 is 0. The van der Waals surface area contributed by atoms with Crippen molar-refractivity contribution in [2.24, 2.45) is 11.8 Å². The summed E-state index contributed by atoms with van der Waals surface area (Å²) in [7, 11) is 0. The first-order valence-corrected chi connectivity index (χ1v) is 5.87. The van der Waals surface area contributed by atoms with Crippen molar-refractivity contribution in [3.63, 3.8) is 0 Å². The molecular weight excluding hydrogens is 232 g/mol. The molecule has 102 valence electrons. The molecule has 0 aromatic heterocycles. The van der Waals surface area contributed by atoms with Crippen LogP contribution in [-0.2, 0) is 19.1 Å². The quantitative estimate of drug-likeness (QED) is 0.398. The van der Waals surface area contributed by atoms with Gasteiger partial charge in [0.1, 0.15) is 13.2 Å². The maximum atomic E-state index is 11.8. The van der Waals surface area contributed by atoms with Gasteiger partial charge in [0.2, 0.25) is 0 Å². The van der Waals surface area contributed by atoms with Crippen molar-refractivity contribution >= 4 is 11.9 Å². The number of hydrogen-bond acceptors (Lipinski definition) is 4. The summed E-state index contributed by atoms with van der Waals surface area (Å²) in [6.45, 7) is 14.5. The average molecular weight is 254 g/mol. The zero-order chi connectivity index (χ0) is 14.3. The van der Waals surface area contributed by atoms with Crippen LogP contribution in [0.3, 0.4) is 0 Å². The highest BCUT2D eigenvalue weighted by Gasteiger charge is 2.32. The molecule has 0 spiro atoms. The number of rotatable bonds is 7. The fourth-order valence-corrected chi connectivity index (χ4v) is 1.21. The van der Waals surface area contributed by atoms with E-state index in [-0.39, 0.29) is 19.1 Å².